The van der Waals surface area contributed by atoms with Gasteiger partial charge in [0.05, 0.1) is 12.2 Å². The standard InChI is InChI=1S/C15H20N4OS/c1-20-10-11-3-2-8-19(9-11)15-13(14(16)18-21-15)12-4-6-17-7-5-12/h4-7,11H,2-3,8-10H2,1H3,(H2,16,18). The molecule has 1 atom stereocenters. The number of nitrogen functional groups attached to an aromatic ring is 1. The molecule has 0 radical (unpaired) electrons. The highest BCUT2D eigenvalue weighted by molar-refractivity contribution is 7.11. The average molecular weight is 304 g/mol. The first-order valence-electron chi connectivity index (χ1n) is 7.19. The van der Waals surface area contributed by atoms with E-state index in [0.29, 0.717) is 11.7 Å². The van der Waals surface area contributed by atoms with Gasteiger partial charge in [0, 0.05) is 32.6 Å². The molecule has 5 nitrogen and oxygen atoms in total. The Morgan fingerprint density at radius 1 is 1.43 bits per heavy atom. The topological polar surface area (TPSA) is 64.3 Å². The predicted molar refractivity (Wildman–Crippen MR) is 86.6 cm³/mol. The van der Waals surface area contributed by atoms with Gasteiger partial charge in [-0.05, 0) is 48.0 Å². The molecule has 1 aliphatic heterocycles. The summed E-state index contributed by atoms with van der Waals surface area (Å²) < 4.78 is 9.68. The Labute approximate surface area is 128 Å². The fourth-order valence-electron chi connectivity index (χ4n) is 2.92. The molecule has 0 aliphatic carbocycles. The minimum atomic E-state index is 0.581. The van der Waals surface area contributed by atoms with Crippen molar-refractivity contribution in [2.24, 2.45) is 5.92 Å². The van der Waals surface area contributed by atoms with Gasteiger partial charge in [0.15, 0.2) is 0 Å². The van der Waals surface area contributed by atoms with Crippen LogP contribution >= 0.6 is 11.5 Å². The molecule has 2 aromatic rings. The zero-order valence-corrected chi connectivity index (χ0v) is 13.0. The minimum absolute atomic E-state index is 0.581. The van der Waals surface area contributed by atoms with Crippen molar-refractivity contribution in [3.05, 3.63) is 24.5 Å². The summed E-state index contributed by atoms with van der Waals surface area (Å²) in [5.41, 5.74) is 8.23. The summed E-state index contributed by atoms with van der Waals surface area (Å²) in [6.45, 7) is 2.88. The van der Waals surface area contributed by atoms with Gasteiger partial charge in [-0.15, -0.1) is 0 Å². The fourth-order valence-corrected chi connectivity index (χ4v) is 3.79. The van der Waals surface area contributed by atoms with Crippen LogP contribution in [0.15, 0.2) is 24.5 Å². The number of nitrogens with zero attached hydrogens (tertiary/aromatic N) is 3. The van der Waals surface area contributed by atoms with Crippen LogP contribution in [-0.4, -0.2) is 36.2 Å². The number of aromatic nitrogens is 2. The second kappa shape index (κ2) is 6.41. The maximum atomic E-state index is 6.10. The van der Waals surface area contributed by atoms with Gasteiger partial charge in [-0.3, -0.25) is 4.98 Å². The average Bonchev–Trinajstić information content (AvgIpc) is 2.90. The van der Waals surface area contributed by atoms with Crippen molar-refractivity contribution in [3.63, 3.8) is 0 Å². The maximum Gasteiger partial charge on any atom is 0.147 e. The lowest BCUT2D eigenvalue weighted by molar-refractivity contribution is 0.143. The maximum absolute atomic E-state index is 6.10. The molecule has 1 fully saturated rings. The summed E-state index contributed by atoms with van der Waals surface area (Å²) in [7, 11) is 1.77. The number of pyridine rings is 1. The van der Waals surface area contributed by atoms with Gasteiger partial charge < -0.3 is 15.4 Å². The molecule has 2 aromatic heterocycles. The van der Waals surface area contributed by atoms with Crippen LogP contribution in [0.25, 0.3) is 11.1 Å². The number of rotatable bonds is 4. The van der Waals surface area contributed by atoms with E-state index in [1.54, 1.807) is 19.5 Å². The van der Waals surface area contributed by atoms with E-state index in [1.165, 1.54) is 29.4 Å². The zero-order chi connectivity index (χ0) is 14.7. The van der Waals surface area contributed by atoms with Crippen LogP contribution in [-0.2, 0) is 4.74 Å². The molecule has 3 rings (SSSR count). The van der Waals surface area contributed by atoms with E-state index in [-0.39, 0.29) is 0 Å². The predicted octanol–water partition coefficient (Wildman–Crippen LogP) is 2.65. The lowest BCUT2D eigenvalue weighted by Crippen LogP contribution is -2.36. The Morgan fingerprint density at radius 2 is 2.24 bits per heavy atom. The first-order chi connectivity index (χ1) is 10.3. The van der Waals surface area contributed by atoms with E-state index in [4.69, 9.17) is 10.5 Å². The van der Waals surface area contributed by atoms with Crippen LogP contribution in [0, 0.1) is 5.92 Å². The van der Waals surface area contributed by atoms with Crippen LogP contribution in [0.5, 0.6) is 0 Å². The van der Waals surface area contributed by atoms with Gasteiger partial charge >= 0.3 is 0 Å². The molecule has 1 saturated heterocycles. The molecule has 0 aromatic carbocycles. The van der Waals surface area contributed by atoms with E-state index in [1.807, 2.05) is 12.1 Å². The van der Waals surface area contributed by atoms with Crippen LogP contribution in [0.3, 0.4) is 0 Å². The van der Waals surface area contributed by atoms with Crippen molar-refractivity contribution in [1.82, 2.24) is 9.36 Å². The number of anilines is 2. The first kappa shape index (κ1) is 14.3. The molecular formula is C15H20N4OS. The highest BCUT2D eigenvalue weighted by Gasteiger charge is 2.25. The summed E-state index contributed by atoms with van der Waals surface area (Å²) >= 11 is 1.49. The smallest absolute Gasteiger partial charge is 0.147 e. The van der Waals surface area contributed by atoms with E-state index < -0.39 is 0 Å². The lowest BCUT2D eigenvalue weighted by atomic mass is 9.98. The summed E-state index contributed by atoms with van der Waals surface area (Å²) in [5.74, 6) is 1.19. The van der Waals surface area contributed by atoms with Gasteiger partial charge in [-0.2, -0.15) is 4.37 Å². The second-order valence-electron chi connectivity index (χ2n) is 5.39. The van der Waals surface area contributed by atoms with Gasteiger partial charge in [0.25, 0.3) is 0 Å². The number of hydrogen-bond donors (Lipinski definition) is 1. The zero-order valence-electron chi connectivity index (χ0n) is 12.2. The van der Waals surface area contributed by atoms with E-state index in [9.17, 15) is 0 Å². The third kappa shape index (κ3) is 3.01. The van der Waals surface area contributed by atoms with Crippen molar-refractivity contribution in [3.8, 4) is 11.1 Å². The number of piperidine rings is 1. The lowest BCUT2D eigenvalue weighted by Gasteiger charge is -2.33. The van der Waals surface area contributed by atoms with E-state index in [2.05, 4.69) is 14.3 Å². The molecule has 1 unspecified atom stereocenters. The van der Waals surface area contributed by atoms with Crippen LogP contribution in [0.4, 0.5) is 10.8 Å². The van der Waals surface area contributed by atoms with E-state index in [0.717, 1.165) is 30.8 Å². The third-order valence-corrected chi connectivity index (χ3v) is 4.80. The highest BCUT2D eigenvalue weighted by Crippen LogP contribution is 2.40. The Bertz CT molecular complexity index is 585. The Hall–Kier alpha value is -1.66. The highest BCUT2D eigenvalue weighted by atomic mass is 32.1. The molecule has 0 amide bonds. The fraction of sp³-hybridized carbons (Fsp3) is 0.467. The molecule has 0 saturated carbocycles. The third-order valence-electron chi connectivity index (χ3n) is 3.88. The van der Waals surface area contributed by atoms with Crippen molar-refractivity contribution in [1.29, 1.82) is 0 Å². The summed E-state index contributed by atoms with van der Waals surface area (Å²) in [5, 5.41) is 1.17. The molecular weight excluding hydrogens is 284 g/mol. The van der Waals surface area contributed by atoms with Crippen molar-refractivity contribution >= 4 is 22.4 Å². The van der Waals surface area contributed by atoms with Gasteiger partial charge in [-0.1, -0.05) is 0 Å². The molecule has 2 N–H and O–H groups in total. The largest absolute Gasteiger partial charge is 0.384 e. The molecule has 0 bridgehead atoms. The second-order valence-corrected chi connectivity index (χ2v) is 6.15. The number of methoxy groups -OCH3 is 1. The minimum Gasteiger partial charge on any atom is -0.384 e. The number of ether oxygens (including phenoxy) is 1. The molecule has 112 valence electrons. The quantitative estimate of drug-likeness (QED) is 0.940. The van der Waals surface area contributed by atoms with Crippen molar-refractivity contribution in [2.75, 3.05) is 37.4 Å². The summed E-state index contributed by atoms with van der Waals surface area (Å²) in [6, 6.07) is 3.97. The number of hydrogen-bond acceptors (Lipinski definition) is 6. The first-order valence-corrected chi connectivity index (χ1v) is 7.96. The normalized spacial score (nSPS) is 18.9. The molecule has 1 aliphatic rings. The van der Waals surface area contributed by atoms with Crippen LogP contribution in [0.2, 0.25) is 0 Å². The Morgan fingerprint density at radius 3 is 3.00 bits per heavy atom. The van der Waals surface area contributed by atoms with Crippen molar-refractivity contribution in [2.45, 2.75) is 12.8 Å². The molecule has 6 heteroatoms. The van der Waals surface area contributed by atoms with Crippen LogP contribution in [0.1, 0.15) is 12.8 Å². The van der Waals surface area contributed by atoms with Crippen LogP contribution < -0.4 is 10.6 Å². The number of nitrogens with two attached hydrogens (primary N) is 1. The van der Waals surface area contributed by atoms with Gasteiger partial charge in [0.1, 0.15) is 10.8 Å². The summed E-state index contributed by atoms with van der Waals surface area (Å²) in [4.78, 5) is 6.48. The van der Waals surface area contributed by atoms with E-state index >= 15 is 0 Å². The molecule has 3 heterocycles. The summed E-state index contributed by atoms with van der Waals surface area (Å²) in [6.07, 6.45) is 5.99. The molecule has 21 heavy (non-hydrogen) atoms. The SMILES string of the molecule is COCC1CCCN(c2snc(N)c2-c2ccncc2)C1. The molecule has 0 spiro atoms. The van der Waals surface area contributed by atoms with Crippen molar-refractivity contribution < 1.29 is 4.74 Å². The monoisotopic (exact) mass is 304 g/mol. The van der Waals surface area contributed by atoms with Gasteiger partial charge in [0.2, 0.25) is 0 Å². The van der Waals surface area contributed by atoms with Gasteiger partial charge in [-0.25, -0.2) is 0 Å². The Balaban J connectivity index is 1.89. The Kier molecular flexibility index (Phi) is 4.36.